The normalized spacial score (nSPS) is 11.4. The summed E-state index contributed by atoms with van der Waals surface area (Å²) in [5.74, 6) is -1.85. The second-order valence-corrected chi connectivity index (χ2v) is 6.01. The van der Waals surface area contributed by atoms with Crippen LogP contribution in [0.15, 0.2) is 41.5 Å². The largest absolute Gasteiger partial charge is 0.330 e. The molecule has 9 heteroatoms. The number of benzene rings is 1. The van der Waals surface area contributed by atoms with Crippen LogP contribution >= 0.6 is 0 Å². The average molecular weight is 356 g/mol. The van der Waals surface area contributed by atoms with Crippen molar-refractivity contribution in [3.8, 4) is 11.1 Å². The number of aryl methyl sites for hydroxylation is 2. The van der Waals surface area contributed by atoms with Gasteiger partial charge < -0.3 is 0 Å². The number of rotatable bonds is 3. The van der Waals surface area contributed by atoms with E-state index in [2.05, 4.69) is 15.3 Å². The zero-order valence-corrected chi connectivity index (χ0v) is 14.0. The average Bonchev–Trinajstić information content (AvgIpc) is 3.14. The SMILES string of the molecule is Cn1cc(Cn2c(=O)n(C)c3ncc(-c4ccc(F)c(F)c4)cc32)nn1. The van der Waals surface area contributed by atoms with Gasteiger partial charge in [-0.25, -0.2) is 18.6 Å². The van der Waals surface area contributed by atoms with Crippen LogP contribution in [0.25, 0.3) is 22.3 Å². The highest BCUT2D eigenvalue weighted by Gasteiger charge is 2.15. The zero-order chi connectivity index (χ0) is 18.4. The molecule has 3 aromatic heterocycles. The molecule has 3 heterocycles. The first-order valence-electron chi connectivity index (χ1n) is 7.80. The van der Waals surface area contributed by atoms with Crippen molar-refractivity contribution in [3.63, 3.8) is 0 Å². The zero-order valence-electron chi connectivity index (χ0n) is 14.0. The number of halogens is 2. The monoisotopic (exact) mass is 356 g/mol. The van der Waals surface area contributed by atoms with Crippen LogP contribution in [0.5, 0.6) is 0 Å². The van der Waals surface area contributed by atoms with Crippen molar-refractivity contribution in [2.24, 2.45) is 14.1 Å². The summed E-state index contributed by atoms with van der Waals surface area (Å²) < 4.78 is 31.2. The Kier molecular flexibility index (Phi) is 3.64. The summed E-state index contributed by atoms with van der Waals surface area (Å²) in [6.07, 6.45) is 3.25. The minimum atomic E-state index is -0.937. The first-order valence-corrected chi connectivity index (χ1v) is 7.80. The second kappa shape index (κ2) is 5.87. The lowest BCUT2D eigenvalue weighted by molar-refractivity contribution is 0.509. The van der Waals surface area contributed by atoms with E-state index >= 15 is 0 Å². The molecule has 4 rings (SSSR count). The van der Waals surface area contributed by atoms with E-state index in [9.17, 15) is 13.6 Å². The van der Waals surface area contributed by atoms with E-state index in [1.807, 2.05) is 0 Å². The number of imidazole rings is 1. The van der Waals surface area contributed by atoms with Gasteiger partial charge in [0.05, 0.1) is 12.1 Å². The van der Waals surface area contributed by atoms with Crippen molar-refractivity contribution < 1.29 is 8.78 Å². The summed E-state index contributed by atoms with van der Waals surface area (Å²) >= 11 is 0. The number of aromatic nitrogens is 6. The Morgan fingerprint density at radius 2 is 1.88 bits per heavy atom. The predicted molar refractivity (Wildman–Crippen MR) is 90.4 cm³/mol. The van der Waals surface area contributed by atoms with E-state index in [4.69, 9.17) is 0 Å². The maximum Gasteiger partial charge on any atom is 0.330 e. The molecule has 0 bridgehead atoms. The lowest BCUT2D eigenvalue weighted by atomic mass is 10.1. The first kappa shape index (κ1) is 16.1. The van der Waals surface area contributed by atoms with Gasteiger partial charge in [0.15, 0.2) is 17.3 Å². The molecule has 0 N–H and O–H groups in total. The number of nitrogens with zero attached hydrogens (tertiary/aromatic N) is 6. The molecule has 0 amide bonds. The Labute approximate surface area is 146 Å². The fraction of sp³-hybridized carbons (Fsp3) is 0.176. The lowest BCUT2D eigenvalue weighted by Crippen LogP contribution is -2.22. The number of pyridine rings is 1. The van der Waals surface area contributed by atoms with E-state index < -0.39 is 11.6 Å². The van der Waals surface area contributed by atoms with Crippen LogP contribution in [0.1, 0.15) is 5.69 Å². The molecule has 132 valence electrons. The van der Waals surface area contributed by atoms with Crippen molar-refractivity contribution in [1.29, 1.82) is 0 Å². The third-order valence-corrected chi connectivity index (χ3v) is 4.20. The number of hydrogen-bond acceptors (Lipinski definition) is 4. The van der Waals surface area contributed by atoms with Crippen LogP contribution in [0.2, 0.25) is 0 Å². The molecule has 0 unspecified atom stereocenters. The summed E-state index contributed by atoms with van der Waals surface area (Å²) in [5, 5.41) is 7.87. The van der Waals surface area contributed by atoms with Crippen LogP contribution in [-0.4, -0.2) is 29.1 Å². The molecule has 0 saturated heterocycles. The van der Waals surface area contributed by atoms with Gasteiger partial charge in [0.2, 0.25) is 0 Å². The fourth-order valence-electron chi connectivity index (χ4n) is 2.89. The minimum Gasteiger partial charge on any atom is -0.284 e. The summed E-state index contributed by atoms with van der Waals surface area (Å²) in [6.45, 7) is 0.229. The van der Waals surface area contributed by atoms with E-state index in [1.165, 1.54) is 21.4 Å². The summed E-state index contributed by atoms with van der Waals surface area (Å²) in [4.78, 5) is 16.9. The van der Waals surface area contributed by atoms with Gasteiger partial charge in [-0.2, -0.15) is 0 Å². The Morgan fingerprint density at radius 1 is 1.08 bits per heavy atom. The highest BCUT2D eigenvalue weighted by atomic mass is 19.2. The molecule has 0 aliphatic heterocycles. The second-order valence-electron chi connectivity index (χ2n) is 6.01. The molecular weight excluding hydrogens is 342 g/mol. The molecule has 0 atom stereocenters. The number of hydrogen-bond donors (Lipinski definition) is 0. The Morgan fingerprint density at radius 3 is 2.58 bits per heavy atom. The van der Waals surface area contributed by atoms with Crippen LogP contribution in [-0.2, 0) is 20.6 Å². The van der Waals surface area contributed by atoms with Gasteiger partial charge in [-0.05, 0) is 23.8 Å². The van der Waals surface area contributed by atoms with Crippen LogP contribution in [0.3, 0.4) is 0 Å². The molecule has 26 heavy (non-hydrogen) atoms. The molecule has 0 aliphatic rings. The van der Waals surface area contributed by atoms with Crippen molar-refractivity contribution in [3.05, 3.63) is 64.5 Å². The van der Waals surface area contributed by atoms with Gasteiger partial charge in [-0.3, -0.25) is 13.8 Å². The Hall–Kier alpha value is -3.36. The van der Waals surface area contributed by atoms with E-state index in [0.717, 1.165) is 12.1 Å². The van der Waals surface area contributed by atoms with E-state index in [0.29, 0.717) is 28.0 Å². The molecule has 7 nitrogen and oxygen atoms in total. The van der Waals surface area contributed by atoms with Crippen LogP contribution in [0, 0.1) is 11.6 Å². The molecule has 0 aliphatic carbocycles. The van der Waals surface area contributed by atoms with E-state index in [-0.39, 0.29) is 12.2 Å². The third kappa shape index (κ3) is 2.57. The fourth-order valence-corrected chi connectivity index (χ4v) is 2.89. The van der Waals surface area contributed by atoms with E-state index in [1.54, 1.807) is 31.0 Å². The Bertz CT molecular complexity index is 1190. The van der Waals surface area contributed by atoms with Gasteiger partial charge in [0, 0.05) is 32.1 Å². The predicted octanol–water partition coefficient (Wildman–Crippen LogP) is 1.86. The minimum absolute atomic E-state index is 0.229. The van der Waals surface area contributed by atoms with Crippen LogP contribution in [0.4, 0.5) is 8.78 Å². The molecule has 4 aromatic rings. The molecule has 1 aromatic carbocycles. The highest BCUT2D eigenvalue weighted by molar-refractivity contribution is 5.78. The van der Waals surface area contributed by atoms with Gasteiger partial charge in [-0.15, -0.1) is 5.10 Å². The number of fused-ring (bicyclic) bond motifs is 1. The maximum absolute atomic E-state index is 13.5. The van der Waals surface area contributed by atoms with Crippen LogP contribution < -0.4 is 5.69 Å². The lowest BCUT2D eigenvalue weighted by Gasteiger charge is -2.04. The summed E-state index contributed by atoms with van der Waals surface area (Å²) in [5.41, 5.74) is 2.49. The maximum atomic E-state index is 13.5. The van der Waals surface area contributed by atoms with Gasteiger partial charge >= 0.3 is 5.69 Å². The molecule has 0 radical (unpaired) electrons. The van der Waals surface area contributed by atoms with Gasteiger partial charge in [0.25, 0.3) is 0 Å². The molecule has 0 saturated carbocycles. The summed E-state index contributed by atoms with van der Waals surface area (Å²) in [7, 11) is 3.37. The van der Waals surface area contributed by atoms with Crippen molar-refractivity contribution >= 4 is 11.2 Å². The summed E-state index contributed by atoms with van der Waals surface area (Å²) in [6, 6.07) is 5.36. The molecule has 0 spiro atoms. The van der Waals surface area contributed by atoms with Crippen molar-refractivity contribution in [1.82, 2.24) is 29.1 Å². The first-order chi connectivity index (χ1) is 12.4. The third-order valence-electron chi connectivity index (χ3n) is 4.20. The topological polar surface area (TPSA) is 70.5 Å². The van der Waals surface area contributed by atoms with Crippen molar-refractivity contribution in [2.45, 2.75) is 6.54 Å². The van der Waals surface area contributed by atoms with Crippen molar-refractivity contribution in [2.75, 3.05) is 0 Å². The Balaban J connectivity index is 1.87. The van der Waals surface area contributed by atoms with Gasteiger partial charge in [-0.1, -0.05) is 11.3 Å². The standard InChI is InChI=1S/C17H14F2N6O/c1-23-8-12(21-22-23)9-25-15-6-11(7-20-16(15)24(2)17(25)26)10-3-4-13(18)14(19)5-10/h3-8H,9H2,1-2H3. The molecular formula is C17H14F2N6O. The smallest absolute Gasteiger partial charge is 0.284 e. The highest BCUT2D eigenvalue weighted by Crippen LogP contribution is 2.24. The quantitative estimate of drug-likeness (QED) is 0.562. The molecule has 0 fully saturated rings. The van der Waals surface area contributed by atoms with Gasteiger partial charge in [0.1, 0.15) is 5.69 Å².